The van der Waals surface area contributed by atoms with Crippen molar-refractivity contribution in [2.75, 3.05) is 7.11 Å². The number of hydrogen-bond donors (Lipinski definition) is 1. The fraction of sp³-hybridized carbons (Fsp3) is 0.188. The third kappa shape index (κ3) is 6.65. The molecule has 0 saturated carbocycles. The number of methoxy groups -OCH3 is 1. The molecule has 0 fully saturated rings. The molecule has 0 saturated heterocycles. The van der Waals surface area contributed by atoms with Crippen LogP contribution in [0.2, 0.25) is 0 Å². The zero-order chi connectivity index (χ0) is 28.1. The van der Waals surface area contributed by atoms with E-state index in [2.05, 4.69) is 9.71 Å². The fourth-order valence-electron chi connectivity index (χ4n) is 4.57. The van der Waals surface area contributed by atoms with E-state index in [4.69, 9.17) is 9.47 Å². The molecule has 0 spiro atoms. The number of nitrogens with zero attached hydrogens (tertiary/aromatic N) is 1. The third-order valence-corrected chi connectivity index (χ3v) is 8.22. The van der Waals surface area contributed by atoms with Crippen LogP contribution in [0.4, 0.5) is 0 Å². The number of carbonyl (C=O) groups is 1. The van der Waals surface area contributed by atoms with Gasteiger partial charge in [-0.15, -0.1) is 0 Å². The van der Waals surface area contributed by atoms with Crippen LogP contribution in [0.25, 0.3) is 21.7 Å². The Morgan fingerprint density at radius 2 is 1.57 bits per heavy atom. The standard InChI is InChI=1S/C32H30N2O5S/c1-22(17-23-7-9-24(10-8-23)18-32(35)38-2)34-40(36,37)30-16-13-25-12-15-29(19-27(25)20-30)39-21-28-14-11-26-5-3-4-6-31(26)33-28/h3-16,19-20,22,34H,17-18,21H2,1-2H3. The van der Waals surface area contributed by atoms with E-state index in [1.807, 2.05) is 85.8 Å². The van der Waals surface area contributed by atoms with Gasteiger partial charge in [0.05, 0.1) is 29.6 Å². The van der Waals surface area contributed by atoms with E-state index in [-0.39, 0.29) is 23.3 Å². The first kappa shape index (κ1) is 27.3. The molecule has 7 nitrogen and oxygen atoms in total. The highest BCUT2D eigenvalue weighted by Gasteiger charge is 2.18. The topological polar surface area (TPSA) is 94.6 Å². The first-order chi connectivity index (χ1) is 19.3. The molecule has 4 aromatic carbocycles. The van der Waals surface area contributed by atoms with Crippen LogP contribution in [-0.4, -0.2) is 32.5 Å². The molecule has 0 radical (unpaired) electrons. The van der Waals surface area contributed by atoms with Crippen LogP contribution in [0.3, 0.4) is 0 Å². The van der Waals surface area contributed by atoms with Crippen LogP contribution in [-0.2, 0) is 39.0 Å². The third-order valence-electron chi connectivity index (χ3n) is 6.63. The van der Waals surface area contributed by atoms with Gasteiger partial charge < -0.3 is 9.47 Å². The van der Waals surface area contributed by atoms with Crippen molar-refractivity contribution >= 4 is 37.7 Å². The van der Waals surface area contributed by atoms with Gasteiger partial charge in [0.15, 0.2) is 0 Å². The van der Waals surface area contributed by atoms with Crippen LogP contribution in [0.15, 0.2) is 102 Å². The van der Waals surface area contributed by atoms with Crippen LogP contribution in [0.5, 0.6) is 5.75 Å². The number of fused-ring (bicyclic) bond motifs is 2. The summed E-state index contributed by atoms with van der Waals surface area (Å²) >= 11 is 0. The van der Waals surface area contributed by atoms with Gasteiger partial charge >= 0.3 is 5.97 Å². The molecule has 0 bridgehead atoms. The summed E-state index contributed by atoms with van der Waals surface area (Å²) in [4.78, 5) is 16.3. The van der Waals surface area contributed by atoms with Gasteiger partial charge in [0.2, 0.25) is 10.0 Å². The summed E-state index contributed by atoms with van der Waals surface area (Å²) in [6.45, 7) is 2.13. The number of pyridine rings is 1. The summed E-state index contributed by atoms with van der Waals surface area (Å²) in [6.07, 6.45) is 0.708. The maximum atomic E-state index is 13.2. The number of rotatable bonds is 10. The SMILES string of the molecule is COC(=O)Cc1ccc(CC(C)NS(=O)(=O)c2ccc3ccc(OCc4ccc5ccccc5n4)cc3c2)cc1. The Bertz CT molecular complexity index is 1770. The average Bonchev–Trinajstić information content (AvgIpc) is 2.96. The Hall–Kier alpha value is -4.27. The second kappa shape index (κ2) is 11.9. The minimum absolute atomic E-state index is 0.189. The lowest BCUT2D eigenvalue weighted by Gasteiger charge is -2.15. The molecule has 1 heterocycles. The molecule has 1 aromatic heterocycles. The molecule has 0 aliphatic carbocycles. The molecule has 5 aromatic rings. The molecule has 0 aliphatic heterocycles. The Morgan fingerprint density at radius 3 is 2.38 bits per heavy atom. The molecular weight excluding hydrogens is 524 g/mol. The summed E-state index contributed by atoms with van der Waals surface area (Å²) in [5.74, 6) is 0.332. The lowest BCUT2D eigenvalue weighted by atomic mass is 10.0. The number of esters is 1. The summed E-state index contributed by atoms with van der Waals surface area (Å²) in [6, 6.07) is 29.7. The number of nitrogens with one attached hydrogen (secondary N) is 1. The molecule has 0 aliphatic rings. The van der Waals surface area contributed by atoms with Gasteiger partial charge in [0, 0.05) is 11.4 Å². The summed E-state index contributed by atoms with van der Waals surface area (Å²) < 4.78 is 39.8. The molecule has 204 valence electrons. The van der Waals surface area contributed by atoms with Crippen molar-refractivity contribution in [3.63, 3.8) is 0 Å². The smallest absolute Gasteiger partial charge is 0.309 e. The maximum Gasteiger partial charge on any atom is 0.309 e. The minimum Gasteiger partial charge on any atom is -0.487 e. The van der Waals surface area contributed by atoms with E-state index in [0.717, 1.165) is 38.5 Å². The first-order valence-electron chi connectivity index (χ1n) is 13.0. The van der Waals surface area contributed by atoms with Gasteiger partial charge in [-0.05, 0) is 71.6 Å². The van der Waals surface area contributed by atoms with Crippen molar-refractivity contribution in [1.82, 2.24) is 9.71 Å². The van der Waals surface area contributed by atoms with E-state index in [0.29, 0.717) is 18.8 Å². The average molecular weight is 555 g/mol. The molecule has 1 atom stereocenters. The Kier molecular flexibility index (Phi) is 8.09. The van der Waals surface area contributed by atoms with Crippen molar-refractivity contribution in [2.24, 2.45) is 0 Å². The van der Waals surface area contributed by atoms with Crippen LogP contribution in [0.1, 0.15) is 23.7 Å². The highest BCUT2D eigenvalue weighted by atomic mass is 32.2. The Balaban J connectivity index is 1.25. The first-order valence-corrected chi connectivity index (χ1v) is 14.5. The molecule has 5 rings (SSSR count). The zero-order valence-electron chi connectivity index (χ0n) is 22.3. The normalized spacial score (nSPS) is 12.3. The number of para-hydroxylation sites is 1. The molecule has 1 unspecified atom stereocenters. The summed E-state index contributed by atoms with van der Waals surface area (Å²) in [7, 11) is -2.39. The Labute approximate surface area is 233 Å². The molecule has 8 heteroatoms. The van der Waals surface area contributed by atoms with Crippen molar-refractivity contribution in [1.29, 1.82) is 0 Å². The van der Waals surface area contributed by atoms with Crippen LogP contribution in [0, 0.1) is 0 Å². The van der Waals surface area contributed by atoms with E-state index >= 15 is 0 Å². The minimum atomic E-state index is -3.75. The number of hydrogen-bond acceptors (Lipinski definition) is 6. The molecular formula is C32H30N2O5S. The van der Waals surface area contributed by atoms with E-state index in [1.165, 1.54) is 7.11 Å². The van der Waals surface area contributed by atoms with E-state index in [9.17, 15) is 13.2 Å². The number of aromatic nitrogens is 1. The monoisotopic (exact) mass is 554 g/mol. The summed E-state index contributed by atoms with van der Waals surface area (Å²) in [5.41, 5.74) is 3.53. The van der Waals surface area contributed by atoms with E-state index in [1.54, 1.807) is 18.2 Å². The van der Waals surface area contributed by atoms with Gasteiger partial charge in [0.1, 0.15) is 12.4 Å². The number of benzene rings is 4. The quantitative estimate of drug-likeness (QED) is 0.226. The largest absolute Gasteiger partial charge is 0.487 e. The number of carbonyl (C=O) groups excluding carboxylic acids is 1. The maximum absolute atomic E-state index is 13.2. The Morgan fingerprint density at radius 1 is 0.850 bits per heavy atom. The zero-order valence-corrected chi connectivity index (χ0v) is 23.1. The van der Waals surface area contributed by atoms with Crippen molar-refractivity contribution < 1.29 is 22.7 Å². The van der Waals surface area contributed by atoms with Gasteiger partial charge in [-0.2, -0.15) is 0 Å². The summed E-state index contributed by atoms with van der Waals surface area (Å²) in [5, 5.41) is 2.75. The number of sulfonamides is 1. The van der Waals surface area contributed by atoms with Gasteiger partial charge in [-0.25, -0.2) is 18.1 Å². The second-order valence-corrected chi connectivity index (χ2v) is 11.5. The van der Waals surface area contributed by atoms with Gasteiger partial charge in [0.25, 0.3) is 0 Å². The van der Waals surface area contributed by atoms with Crippen LogP contribution < -0.4 is 9.46 Å². The molecule has 40 heavy (non-hydrogen) atoms. The molecule has 0 amide bonds. The van der Waals surface area contributed by atoms with Crippen molar-refractivity contribution in [3.05, 3.63) is 114 Å². The van der Waals surface area contributed by atoms with Crippen LogP contribution >= 0.6 is 0 Å². The van der Waals surface area contributed by atoms with E-state index < -0.39 is 10.0 Å². The fourth-order valence-corrected chi connectivity index (χ4v) is 5.84. The van der Waals surface area contributed by atoms with Crippen molar-refractivity contribution in [3.8, 4) is 5.75 Å². The number of ether oxygens (including phenoxy) is 2. The van der Waals surface area contributed by atoms with Gasteiger partial charge in [-0.1, -0.05) is 60.7 Å². The highest BCUT2D eigenvalue weighted by molar-refractivity contribution is 7.89. The van der Waals surface area contributed by atoms with Crippen molar-refractivity contribution in [2.45, 2.75) is 37.3 Å². The lowest BCUT2D eigenvalue weighted by molar-refractivity contribution is -0.139. The lowest BCUT2D eigenvalue weighted by Crippen LogP contribution is -2.34. The predicted octanol–water partition coefficient (Wildman–Crippen LogP) is 5.59. The molecule has 1 N–H and O–H groups in total. The van der Waals surface area contributed by atoms with Gasteiger partial charge in [-0.3, -0.25) is 4.79 Å². The predicted molar refractivity (Wildman–Crippen MR) is 156 cm³/mol. The highest BCUT2D eigenvalue weighted by Crippen LogP contribution is 2.25. The second-order valence-electron chi connectivity index (χ2n) is 9.75.